The molecular weight excluding hydrogens is 256 g/mol. The third-order valence-electron chi connectivity index (χ3n) is 0. The summed E-state index contributed by atoms with van der Waals surface area (Å²) in [5, 5.41) is 0. The molecule has 0 saturated heterocycles. The first-order valence-electron chi connectivity index (χ1n) is 0.813. The maximum absolute atomic E-state index is 8.81. The van der Waals surface area contributed by atoms with Gasteiger partial charge < -0.3 is 10.9 Å². The first kappa shape index (κ1) is 65.1. The van der Waals surface area contributed by atoms with E-state index in [-0.39, 0.29) is 65.0 Å². The molecule has 0 spiro atoms. The Morgan fingerprint density at radius 1 is 1.38 bits per heavy atom. The Balaban J connectivity index is -0.00000000133. The predicted octanol–water partition coefficient (Wildman–Crippen LogP) is 2.50. The smallest absolute Gasteiger partial charge is 0.116 e. The number of halogens is 1. The van der Waals surface area contributed by atoms with Crippen molar-refractivity contribution < 1.29 is 24.8 Å². The molecular formula is C4H18INOV. The molecule has 0 aliphatic heterocycles. The van der Waals surface area contributed by atoms with E-state index in [0.717, 1.165) is 6.29 Å². The zero-order valence-electron chi connectivity index (χ0n) is 3.55. The molecule has 0 rings (SSSR count). The van der Waals surface area contributed by atoms with Crippen LogP contribution in [0.4, 0.5) is 0 Å². The third kappa shape index (κ3) is 275. The molecule has 0 aliphatic rings. The summed E-state index contributed by atoms with van der Waals surface area (Å²) in [6.45, 7) is 1.44. The summed E-state index contributed by atoms with van der Waals surface area (Å²) in [5.74, 6) is 0. The van der Waals surface area contributed by atoms with Crippen molar-refractivity contribution in [3.63, 3.8) is 0 Å². The van der Waals surface area contributed by atoms with Crippen LogP contribution in [-0.2, 0) is 23.4 Å². The van der Waals surface area contributed by atoms with Crippen LogP contribution in [0.15, 0.2) is 0 Å². The minimum absolute atomic E-state index is 0. The molecule has 57 valence electrons. The van der Waals surface area contributed by atoms with Crippen molar-refractivity contribution in [1.82, 2.24) is 6.15 Å². The van der Waals surface area contributed by atoms with E-state index in [9.17, 15) is 0 Å². The van der Waals surface area contributed by atoms with E-state index < -0.39 is 0 Å². The van der Waals surface area contributed by atoms with E-state index in [1.807, 2.05) is 0 Å². The first-order valence-corrected chi connectivity index (χ1v) is 0.813. The van der Waals surface area contributed by atoms with Crippen molar-refractivity contribution in [2.45, 2.75) is 21.8 Å². The van der Waals surface area contributed by atoms with Crippen LogP contribution < -0.4 is 6.15 Å². The largest absolute Gasteiger partial charge is 0.344 e. The molecule has 8 heavy (non-hydrogen) atoms. The molecule has 0 aliphatic carbocycles. The third-order valence-corrected chi connectivity index (χ3v) is 0. The quantitative estimate of drug-likeness (QED) is 0.546. The number of aldehydes is 1. The Labute approximate surface area is 82.8 Å². The molecule has 0 unspecified atom stereocenters. The Morgan fingerprint density at radius 3 is 1.38 bits per heavy atom. The summed E-state index contributed by atoms with van der Waals surface area (Å²) >= 11 is 0. The number of carbonyl (C=O) groups is 1. The van der Waals surface area contributed by atoms with Crippen molar-refractivity contribution >= 4 is 30.3 Å². The maximum Gasteiger partial charge on any atom is 0.116 e. The zero-order valence-corrected chi connectivity index (χ0v) is 7.28. The summed E-state index contributed by atoms with van der Waals surface area (Å²) < 4.78 is 0. The summed E-state index contributed by atoms with van der Waals surface area (Å²) in [6, 6.07) is 0. The fourth-order valence-corrected chi connectivity index (χ4v) is 0. The molecule has 0 bridgehead atoms. The van der Waals surface area contributed by atoms with Gasteiger partial charge in [-0.15, -0.1) is 24.0 Å². The predicted molar refractivity (Wildman–Crippen MR) is 47.8 cm³/mol. The van der Waals surface area contributed by atoms with Gasteiger partial charge in [-0.2, -0.15) is 0 Å². The monoisotopic (exact) mass is 276 g/mol. The van der Waals surface area contributed by atoms with Gasteiger partial charge in [0.15, 0.2) is 0 Å². The van der Waals surface area contributed by atoms with Gasteiger partial charge in [-0.1, -0.05) is 14.9 Å². The first-order chi connectivity index (χ1) is 1.41. The van der Waals surface area contributed by atoms with Crippen molar-refractivity contribution in [3.05, 3.63) is 0 Å². The summed E-state index contributed by atoms with van der Waals surface area (Å²) in [7, 11) is 0. The average Bonchev–Trinajstić information content (AvgIpc) is 0.918. The SMILES string of the molecule is C.C.CC=O.I.N.[3HH].[V]. The molecule has 2 nitrogen and oxygen atoms in total. The Bertz CT molecular complexity index is 28.0. The maximum atomic E-state index is 8.81. The van der Waals surface area contributed by atoms with E-state index >= 15 is 0 Å². The van der Waals surface area contributed by atoms with Crippen LogP contribution in [0.1, 0.15) is 23.2 Å². The van der Waals surface area contributed by atoms with Crippen LogP contribution in [-0.4, -0.2) is 6.29 Å². The molecule has 1 radical (unpaired) electrons. The van der Waals surface area contributed by atoms with Gasteiger partial charge in [0.05, 0.1) is 0 Å². The normalized spacial score (nSPS) is 1.62. The summed E-state index contributed by atoms with van der Waals surface area (Å²) in [4.78, 5) is 8.81. The van der Waals surface area contributed by atoms with Gasteiger partial charge in [-0.3, -0.25) is 0 Å². The Hall–Kier alpha value is 0.944. The molecule has 0 aromatic carbocycles. The van der Waals surface area contributed by atoms with E-state index in [4.69, 9.17) is 4.79 Å². The van der Waals surface area contributed by atoms with Gasteiger partial charge in [0.1, 0.15) is 6.29 Å². The molecule has 4 heteroatoms. The molecule has 0 atom stereocenters. The van der Waals surface area contributed by atoms with Crippen molar-refractivity contribution in [3.8, 4) is 0 Å². The summed E-state index contributed by atoms with van der Waals surface area (Å²) in [5.41, 5.74) is 0. The second-order valence-electron chi connectivity index (χ2n) is 0.236. The second-order valence-corrected chi connectivity index (χ2v) is 0.236. The van der Waals surface area contributed by atoms with Gasteiger partial charge in [-0.25, -0.2) is 0 Å². The van der Waals surface area contributed by atoms with Crippen LogP contribution in [0.5, 0.6) is 0 Å². The van der Waals surface area contributed by atoms with E-state index in [0.29, 0.717) is 0 Å². The van der Waals surface area contributed by atoms with Crippen LogP contribution in [0.2, 0.25) is 0 Å². The molecule has 0 fully saturated rings. The van der Waals surface area contributed by atoms with Gasteiger partial charge >= 0.3 is 0 Å². The van der Waals surface area contributed by atoms with Gasteiger partial charge in [-0.05, 0) is 6.92 Å². The standard InChI is InChI=1S/C2H4O.2CH4.HI.H3N.V.H2/c1-2-3;;;;;;/h2H,1H3;2*1H4;1H;1H3;;1H/i;;;;;;1+2. The van der Waals surface area contributed by atoms with Crippen molar-refractivity contribution in [2.75, 3.05) is 0 Å². The number of carbonyl (C=O) groups excluding carboxylic acids is 1. The summed E-state index contributed by atoms with van der Waals surface area (Å²) in [6.07, 6.45) is 0.750. The molecule has 0 saturated carbocycles. The van der Waals surface area contributed by atoms with Crippen molar-refractivity contribution in [1.29, 1.82) is 0 Å². The molecule has 3 N–H and O–H groups in total. The van der Waals surface area contributed by atoms with E-state index in [2.05, 4.69) is 0 Å². The van der Waals surface area contributed by atoms with Crippen LogP contribution in [0.25, 0.3) is 0 Å². The van der Waals surface area contributed by atoms with Crippen LogP contribution >= 0.6 is 24.0 Å². The minimum Gasteiger partial charge on any atom is -0.344 e. The number of hydrogen-bond acceptors (Lipinski definition) is 2. The fourth-order valence-electron chi connectivity index (χ4n) is 0. The minimum atomic E-state index is 0. The van der Waals surface area contributed by atoms with Gasteiger partial charge in [0, 0.05) is 20.0 Å². The second kappa shape index (κ2) is 101. The molecule has 0 amide bonds. The van der Waals surface area contributed by atoms with E-state index in [1.54, 1.807) is 0 Å². The van der Waals surface area contributed by atoms with Crippen LogP contribution in [0, 0.1) is 0 Å². The molecule has 0 aromatic rings. The van der Waals surface area contributed by atoms with Crippen molar-refractivity contribution in [2.24, 2.45) is 0 Å². The van der Waals surface area contributed by atoms with Gasteiger partial charge in [0.2, 0.25) is 0 Å². The zero-order chi connectivity index (χ0) is 2.71. The Kier molecular flexibility index (Phi) is 825. The molecule has 0 heterocycles. The van der Waals surface area contributed by atoms with Gasteiger partial charge in [0.25, 0.3) is 0 Å². The fraction of sp³-hybridized carbons (Fsp3) is 0.750. The van der Waals surface area contributed by atoms with E-state index in [1.165, 1.54) is 6.92 Å². The number of rotatable bonds is 0. The topological polar surface area (TPSA) is 52.1 Å². The Morgan fingerprint density at radius 2 is 1.38 bits per heavy atom. The molecule has 0 aromatic heterocycles. The van der Waals surface area contributed by atoms with Crippen LogP contribution in [0.3, 0.4) is 0 Å². The average molecular weight is 276 g/mol. The number of hydrogen-bond donors (Lipinski definition) is 1.